The summed E-state index contributed by atoms with van der Waals surface area (Å²) in [6.07, 6.45) is 0. The van der Waals surface area contributed by atoms with E-state index in [1.165, 1.54) is 6.07 Å². The third-order valence-corrected chi connectivity index (χ3v) is 0.773. The normalized spacial score (nSPS) is 9.12. The summed E-state index contributed by atoms with van der Waals surface area (Å²) in [6.45, 7) is 1.78. The zero-order valence-electron chi connectivity index (χ0n) is 4.46. The van der Waals surface area contributed by atoms with E-state index in [9.17, 15) is 5.11 Å². The molecule has 0 spiro atoms. The molecule has 8 heavy (non-hydrogen) atoms. The van der Waals surface area contributed by atoms with Crippen molar-refractivity contribution in [2.75, 3.05) is 0 Å². The fourth-order valence-electron chi connectivity index (χ4n) is 0.387. The second-order valence-electron chi connectivity index (χ2n) is 1.51. The van der Waals surface area contributed by atoms with Crippen LogP contribution >= 0.6 is 0 Å². The van der Waals surface area contributed by atoms with Gasteiger partial charge in [0, 0.05) is 6.07 Å². The van der Waals surface area contributed by atoms with Crippen LogP contribution in [0.3, 0.4) is 0 Å². The van der Waals surface area contributed by atoms with Crippen LogP contribution in [0.2, 0.25) is 0 Å². The van der Waals surface area contributed by atoms with Crippen molar-refractivity contribution in [2.24, 2.45) is 0 Å². The van der Waals surface area contributed by atoms with Gasteiger partial charge in [-0.05, 0) is 13.0 Å². The number of rotatable bonds is 0. The lowest BCUT2D eigenvalue weighted by Crippen LogP contribution is -1.81. The molecule has 0 saturated carbocycles. The van der Waals surface area contributed by atoms with Gasteiger partial charge in [-0.1, -0.05) is 0 Å². The molecule has 3 heteroatoms. The molecule has 0 bridgehead atoms. The van der Waals surface area contributed by atoms with Crippen LogP contribution in [-0.4, -0.2) is 10.2 Å². The van der Waals surface area contributed by atoms with Gasteiger partial charge in [-0.3, -0.25) is 5.11 Å². The quantitative estimate of drug-likeness (QED) is 0.497. The standard InChI is InChI=1S/C5H5N2O/c1-4-2-3-5(8)7-6-4/h2-3H,1H3. The highest BCUT2D eigenvalue weighted by Crippen LogP contribution is 1.99. The molecular formula is C5H5N2O. The first-order valence-electron chi connectivity index (χ1n) is 2.26. The summed E-state index contributed by atoms with van der Waals surface area (Å²) in [5.74, 6) is -0.282. The van der Waals surface area contributed by atoms with Gasteiger partial charge in [-0.15, -0.1) is 5.10 Å². The largest absolute Gasteiger partial charge is 0.288 e. The summed E-state index contributed by atoms with van der Waals surface area (Å²) < 4.78 is 0. The SMILES string of the molecule is Cc1ccc([O])nn1. The van der Waals surface area contributed by atoms with Gasteiger partial charge in [-0.25, -0.2) is 0 Å². The van der Waals surface area contributed by atoms with Gasteiger partial charge < -0.3 is 0 Å². The third-order valence-electron chi connectivity index (χ3n) is 0.773. The van der Waals surface area contributed by atoms with Gasteiger partial charge in [0.15, 0.2) is 0 Å². The van der Waals surface area contributed by atoms with E-state index >= 15 is 0 Å². The Hall–Kier alpha value is -1.12. The van der Waals surface area contributed by atoms with E-state index in [4.69, 9.17) is 0 Å². The smallest absolute Gasteiger partial charge is 0.266 e. The molecule has 0 aliphatic carbocycles. The Balaban J connectivity index is 3.03. The highest BCUT2D eigenvalue weighted by atomic mass is 16.3. The number of hydrogen-bond acceptors (Lipinski definition) is 2. The van der Waals surface area contributed by atoms with E-state index in [0.29, 0.717) is 0 Å². The van der Waals surface area contributed by atoms with E-state index in [-0.39, 0.29) is 5.88 Å². The fourth-order valence-corrected chi connectivity index (χ4v) is 0.387. The first kappa shape index (κ1) is 5.03. The molecule has 1 heterocycles. The Kier molecular flexibility index (Phi) is 1.12. The molecule has 0 amide bonds. The van der Waals surface area contributed by atoms with Gasteiger partial charge in [0.05, 0.1) is 5.69 Å². The summed E-state index contributed by atoms with van der Waals surface area (Å²) in [5, 5.41) is 17.0. The minimum atomic E-state index is -0.282. The van der Waals surface area contributed by atoms with Crippen LogP contribution in [-0.2, 0) is 5.11 Å². The summed E-state index contributed by atoms with van der Waals surface area (Å²) in [4.78, 5) is 0. The Morgan fingerprint density at radius 2 is 2.12 bits per heavy atom. The fraction of sp³-hybridized carbons (Fsp3) is 0.200. The van der Waals surface area contributed by atoms with Crippen molar-refractivity contribution < 1.29 is 5.11 Å². The van der Waals surface area contributed by atoms with Gasteiger partial charge in [-0.2, -0.15) is 5.10 Å². The zero-order valence-corrected chi connectivity index (χ0v) is 4.46. The molecule has 0 fully saturated rings. The van der Waals surface area contributed by atoms with Crippen molar-refractivity contribution in [2.45, 2.75) is 6.92 Å². The molecule has 1 aromatic rings. The summed E-state index contributed by atoms with van der Waals surface area (Å²) in [5.41, 5.74) is 0.768. The van der Waals surface area contributed by atoms with Crippen molar-refractivity contribution in [3.63, 3.8) is 0 Å². The average molecular weight is 109 g/mol. The highest BCUT2D eigenvalue weighted by Gasteiger charge is 1.88. The molecule has 1 rings (SSSR count). The molecular weight excluding hydrogens is 104 g/mol. The zero-order chi connectivity index (χ0) is 5.98. The molecule has 41 valence electrons. The first-order valence-corrected chi connectivity index (χ1v) is 2.26. The molecule has 0 aliphatic rings. The van der Waals surface area contributed by atoms with Gasteiger partial charge >= 0.3 is 0 Å². The average Bonchev–Trinajstić information content (AvgIpc) is 1.77. The maximum Gasteiger partial charge on any atom is 0.288 e. The number of aromatic nitrogens is 2. The first-order chi connectivity index (χ1) is 3.79. The van der Waals surface area contributed by atoms with Gasteiger partial charge in [0.2, 0.25) is 0 Å². The van der Waals surface area contributed by atoms with Crippen LogP contribution < -0.4 is 0 Å². The maximum absolute atomic E-state index is 10.2. The molecule has 3 nitrogen and oxygen atoms in total. The van der Waals surface area contributed by atoms with Crippen molar-refractivity contribution >= 4 is 0 Å². The molecule has 0 saturated heterocycles. The van der Waals surface area contributed by atoms with Crippen molar-refractivity contribution in [1.29, 1.82) is 0 Å². The summed E-state index contributed by atoms with van der Waals surface area (Å²) >= 11 is 0. The van der Waals surface area contributed by atoms with E-state index in [1.54, 1.807) is 13.0 Å². The van der Waals surface area contributed by atoms with Crippen LogP contribution in [0.1, 0.15) is 5.69 Å². The lowest BCUT2D eigenvalue weighted by molar-refractivity contribution is 0.331. The Labute approximate surface area is 47.0 Å². The minimum Gasteiger partial charge on any atom is -0.266 e. The predicted octanol–water partition coefficient (Wildman–Crippen LogP) is 0.929. The van der Waals surface area contributed by atoms with Gasteiger partial charge in [0.25, 0.3) is 5.88 Å². The van der Waals surface area contributed by atoms with Crippen LogP contribution in [0.15, 0.2) is 12.1 Å². The molecule has 1 aromatic heterocycles. The lowest BCUT2D eigenvalue weighted by Gasteiger charge is -1.84. The number of hydrogen-bond donors (Lipinski definition) is 0. The van der Waals surface area contributed by atoms with E-state index in [1.807, 2.05) is 0 Å². The Morgan fingerprint density at radius 3 is 2.50 bits per heavy atom. The van der Waals surface area contributed by atoms with Crippen molar-refractivity contribution in [3.8, 4) is 5.88 Å². The monoisotopic (exact) mass is 109 g/mol. The maximum atomic E-state index is 10.2. The number of nitrogens with zero attached hydrogens (tertiary/aromatic N) is 2. The topological polar surface area (TPSA) is 45.7 Å². The highest BCUT2D eigenvalue weighted by molar-refractivity contribution is 5.07. The van der Waals surface area contributed by atoms with Crippen molar-refractivity contribution in [1.82, 2.24) is 10.2 Å². The molecule has 0 aliphatic heterocycles. The Bertz CT molecular complexity index is 149. The summed E-state index contributed by atoms with van der Waals surface area (Å²) in [7, 11) is 0. The Morgan fingerprint density at radius 1 is 1.38 bits per heavy atom. The van der Waals surface area contributed by atoms with Crippen LogP contribution in [0, 0.1) is 6.92 Å². The van der Waals surface area contributed by atoms with Gasteiger partial charge in [0.1, 0.15) is 0 Å². The van der Waals surface area contributed by atoms with Crippen LogP contribution in [0.4, 0.5) is 0 Å². The predicted molar refractivity (Wildman–Crippen MR) is 26.9 cm³/mol. The molecule has 0 N–H and O–H groups in total. The van der Waals surface area contributed by atoms with E-state index in [2.05, 4.69) is 10.2 Å². The second-order valence-corrected chi connectivity index (χ2v) is 1.51. The summed E-state index contributed by atoms with van der Waals surface area (Å²) in [6, 6.07) is 3.03. The molecule has 0 unspecified atom stereocenters. The van der Waals surface area contributed by atoms with E-state index in [0.717, 1.165) is 5.69 Å². The van der Waals surface area contributed by atoms with Crippen molar-refractivity contribution in [3.05, 3.63) is 17.8 Å². The number of aryl methyl sites for hydroxylation is 1. The van der Waals surface area contributed by atoms with Crippen LogP contribution in [0.25, 0.3) is 0 Å². The van der Waals surface area contributed by atoms with E-state index < -0.39 is 0 Å². The van der Waals surface area contributed by atoms with Crippen LogP contribution in [0.5, 0.6) is 5.88 Å². The molecule has 0 atom stereocenters. The molecule has 1 radical (unpaired) electrons. The lowest BCUT2D eigenvalue weighted by atomic mass is 10.4. The second kappa shape index (κ2) is 1.78. The third kappa shape index (κ3) is 0.932. The minimum absolute atomic E-state index is 0.282. The molecule has 0 aromatic carbocycles.